The van der Waals surface area contributed by atoms with Crippen molar-refractivity contribution in [2.75, 3.05) is 13.1 Å². The lowest BCUT2D eigenvalue weighted by Gasteiger charge is -2.34. The second-order valence-electron chi connectivity index (χ2n) is 6.50. The van der Waals surface area contributed by atoms with Crippen molar-refractivity contribution in [3.05, 3.63) is 46.1 Å². The van der Waals surface area contributed by atoms with Gasteiger partial charge in [-0.25, -0.2) is 4.39 Å². The zero-order valence-electron chi connectivity index (χ0n) is 12.8. The van der Waals surface area contributed by atoms with E-state index in [4.69, 9.17) is 0 Å². The molecule has 5 heteroatoms. The molecule has 3 aliphatic rings. The van der Waals surface area contributed by atoms with Crippen molar-refractivity contribution in [1.82, 2.24) is 4.90 Å². The van der Waals surface area contributed by atoms with Crippen molar-refractivity contribution in [2.24, 2.45) is 5.92 Å². The molecule has 23 heavy (non-hydrogen) atoms. The number of ketones is 1. The summed E-state index contributed by atoms with van der Waals surface area (Å²) in [5.41, 5.74) is 1.60. The summed E-state index contributed by atoms with van der Waals surface area (Å²) in [6, 6.07) is 6.07. The third kappa shape index (κ3) is 2.88. The molecule has 120 valence electrons. The third-order valence-corrected chi connectivity index (χ3v) is 5.93. The lowest BCUT2D eigenvalue weighted by Crippen LogP contribution is -2.39. The van der Waals surface area contributed by atoms with Crippen molar-refractivity contribution < 1.29 is 14.0 Å². The maximum absolute atomic E-state index is 14.3. The average molecular weight is 331 g/mol. The molecule has 1 saturated carbocycles. The summed E-state index contributed by atoms with van der Waals surface area (Å²) >= 11 is 1.34. The van der Waals surface area contributed by atoms with E-state index in [1.807, 2.05) is 0 Å². The maximum Gasteiger partial charge on any atom is 0.197 e. The molecule has 2 heterocycles. The zero-order chi connectivity index (χ0) is 16.0. The highest BCUT2D eigenvalue weighted by Crippen LogP contribution is 2.43. The van der Waals surface area contributed by atoms with Crippen LogP contribution in [0.1, 0.15) is 37.3 Å². The number of hydrogen-bond donors (Lipinski definition) is 0. The number of rotatable bonds is 4. The molecule has 0 unspecified atom stereocenters. The van der Waals surface area contributed by atoms with E-state index >= 15 is 0 Å². The van der Waals surface area contributed by atoms with Gasteiger partial charge in [0.15, 0.2) is 10.9 Å². The highest BCUT2D eigenvalue weighted by atomic mass is 32.2. The van der Waals surface area contributed by atoms with Crippen LogP contribution in [-0.2, 0) is 9.59 Å². The number of hydrogen-bond acceptors (Lipinski definition) is 4. The SMILES string of the molecule is O=C1CC2=C(CCN([C@H](C(=O)C3CC3)c3ccccc3F)C2)S1. The molecule has 0 amide bonds. The van der Waals surface area contributed by atoms with Crippen molar-refractivity contribution in [1.29, 1.82) is 0 Å². The lowest BCUT2D eigenvalue weighted by atomic mass is 9.94. The van der Waals surface area contributed by atoms with E-state index in [-0.39, 0.29) is 22.6 Å². The Hall–Kier alpha value is -1.46. The Bertz CT molecular complexity index is 711. The first kappa shape index (κ1) is 15.1. The van der Waals surface area contributed by atoms with Gasteiger partial charge in [0.2, 0.25) is 0 Å². The number of Topliss-reactive ketones (excluding diaryl/α,β-unsaturated/α-hetero) is 1. The van der Waals surface area contributed by atoms with Crippen molar-refractivity contribution in [3.63, 3.8) is 0 Å². The normalized spacial score (nSPS) is 23.1. The first-order chi connectivity index (χ1) is 11.1. The Morgan fingerprint density at radius 1 is 1.30 bits per heavy atom. The van der Waals surface area contributed by atoms with Crippen LogP contribution in [0.25, 0.3) is 0 Å². The van der Waals surface area contributed by atoms with Gasteiger partial charge >= 0.3 is 0 Å². The van der Waals surface area contributed by atoms with E-state index in [9.17, 15) is 14.0 Å². The quantitative estimate of drug-likeness (QED) is 0.847. The van der Waals surface area contributed by atoms with E-state index < -0.39 is 6.04 Å². The van der Waals surface area contributed by atoms with Crippen LogP contribution in [0.15, 0.2) is 34.7 Å². The summed E-state index contributed by atoms with van der Waals surface area (Å²) in [4.78, 5) is 27.7. The number of nitrogens with zero attached hydrogens (tertiary/aromatic N) is 1. The molecule has 4 rings (SSSR count). The van der Waals surface area contributed by atoms with Gasteiger partial charge in [-0.1, -0.05) is 30.0 Å². The molecule has 1 fully saturated rings. The molecule has 0 bridgehead atoms. The summed E-state index contributed by atoms with van der Waals surface area (Å²) in [7, 11) is 0. The van der Waals surface area contributed by atoms with Gasteiger partial charge in [-0.15, -0.1) is 0 Å². The molecular formula is C18H18FNO2S. The molecule has 0 spiro atoms. The van der Waals surface area contributed by atoms with Crippen LogP contribution in [0.4, 0.5) is 4.39 Å². The largest absolute Gasteiger partial charge is 0.297 e. The highest BCUT2D eigenvalue weighted by molar-refractivity contribution is 8.17. The molecule has 1 aliphatic carbocycles. The Morgan fingerprint density at radius 2 is 2.09 bits per heavy atom. The highest BCUT2D eigenvalue weighted by Gasteiger charge is 2.41. The molecule has 3 nitrogen and oxygen atoms in total. The molecule has 1 atom stereocenters. The fourth-order valence-electron chi connectivity index (χ4n) is 3.50. The van der Waals surface area contributed by atoms with Crippen LogP contribution in [0, 0.1) is 11.7 Å². The molecule has 0 aromatic heterocycles. The summed E-state index contributed by atoms with van der Waals surface area (Å²) < 4.78 is 14.3. The van der Waals surface area contributed by atoms with Crippen LogP contribution in [0.5, 0.6) is 0 Å². The van der Waals surface area contributed by atoms with Crippen molar-refractivity contribution in [2.45, 2.75) is 31.7 Å². The van der Waals surface area contributed by atoms with Gasteiger partial charge in [-0.3, -0.25) is 14.5 Å². The molecule has 1 aromatic carbocycles. The first-order valence-electron chi connectivity index (χ1n) is 8.07. The predicted molar refractivity (Wildman–Crippen MR) is 87.3 cm³/mol. The van der Waals surface area contributed by atoms with Gasteiger partial charge in [0.1, 0.15) is 5.82 Å². The second kappa shape index (κ2) is 5.87. The number of carbonyl (C=O) groups is 2. The third-order valence-electron chi connectivity index (χ3n) is 4.82. The molecule has 2 aliphatic heterocycles. The molecule has 1 aromatic rings. The maximum atomic E-state index is 14.3. The van der Waals surface area contributed by atoms with Gasteiger partial charge in [0.25, 0.3) is 0 Å². The Labute approximate surface area is 138 Å². The van der Waals surface area contributed by atoms with Crippen LogP contribution >= 0.6 is 11.8 Å². The van der Waals surface area contributed by atoms with Crippen molar-refractivity contribution >= 4 is 22.7 Å². The molecule has 0 saturated heterocycles. The Kier molecular flexibility index (Phi) is 3.85. The second-order valence-corrected chi connectivity index (χ2v) is 7.65. The zero-order valence-corrected chi connectivity index (χ0v) is 13.6. The summed E-state index contributed by atoms with van der Waals surface area (Å²) in [6.07, 6.45) is 3.09. The number of carbonyl (C=O) groups excluding carboxylic acids is 2. The fourth-order valence-corrected chi connectivity index (χ4v) is 4.49. The molecular weight excluding hydrogens is 313 g/mol. The van der Waals surface area contributed by atoms with Gasteiger partial charge in [0, 0.05) is 31.0 Å². The number of benzene rings is 1. The van der Waals surface area contributed by atoms with Gasteiger partial charge < -0.3 is 0 Å². The monoisotopic (exact) mass is 331 g/mol. The summed E-state index contributed by atoms with van der Waals surface area (Å²) in [5.74, 6) is -0.103. The van der Waals surface area contributed by atoms with E-state index in [0.29, 0.717) is 25.1 Å². The van der Waals surface area contributed by atoms with E-state index in [1.54, 1.807) is 18.2 Å². The predicted octanol–water partition coefficient (Wildman–Crippen LogP) is 3.47. The minimum absolute atomic E-state index is 0.0783. The van der Waals surface area contributed by atoms with Crippen LogP contribution in [-0.4, -0.2) is 28.9 Å². The van der Waals surface area contributed by atoms with E-state index in [2.05, 4.69) is 4.90 Å². The average Bonchev–Trinajstić information content (AvgIpc) is 3.31. The summed E-state index contributed by atoms with van der Waals surface area (Å²) in [6.45, 7) is 1.31. The van der Waals surface area contributed by atoms with E-state index in [1.165, 1.54) is 17.8 Å². The van der Waals surface area contributed by atoms with Gasteiger partial charge in [-0.05, 0) is 35.8 Å². The standard InChI is InChI=1S/C18H18FNO2S/c19-14-4-2-1-3-13(14)17(18(22)11-5-6-11)20-8-7-15-12(10-20)9-16(21)23-15/h1-4,11,17H,5-10H2/t17-/m0/s1. The fraction of sp³-hybridized carbons (Fsp3) is 0.444. The van der Waals surface area contributed by atoms with Crippen LogP contribution in [0.3, 0.4) is 0 Å². The molecule has 0 N–H and O–H groups in total. The molecule has 0 radical (unpaired) electrons. The summed E-state index contributed by atoms with van der Waals surface area (Å²) in [5, 5.41) is 0.188. The number of thioether (sulfide) groups is 1. The van der Waals surface area contributed by atoms with E-state index in [0.717, 1.165) is 29.7 Å². The first-order valence-corrected chi connectivity index (χ1v) is 8.89. The number of halogens is 1. The topological polar surface area (TPSA) is 37.4 Å². The Balaban J connectivity index is 1.65. The van der Waals surface area contributed by atoms with Crippen molar-refractivity contribution in [3.8, 4) is 0 Å². The van der Waals surface area contributed by atoms with Crippen LogP contribution < -0.4 is 0 Å². The minimum atomic E-state index is -0.515. The van der Waals surface area contributed by atoms with Gasteiger partial charge in [-0.2, -0.15) is 0 Å². The van der Waals surface area contributed by atoms with Gasteiger partial charge in [0.05, 0.1) is 6.04 Å². The van der Waals surface area contributed by atoms with Crippen LogP contribution in [0.2, 0.25) is 0 Å². The Morgan fingerprint density at radius 3 is 2.83 bits per heavy atom. The smallest absolute Gasteiger partial charge is 0.197 e. The lowest BCUT2D eigenvalue weighted by molar-refractivity contribution is -0.125. The minimum Gasteiger partial charge on any atom is -0.297 e.